The molecule has 0 aliphatic rings. The molecule has 0 nitrogen and oxygen atoms in total. The minimum atomic E-state index is 0.596. The summed E-state index contributed by atoms with van der Waals surface area (Å²) in [6.45, 7) is 2.10. The van der Waals surface area contributed by atoms with E-state index in [9.17, 15) is 0 Å². The maximum atomic E-state index is 5.77. The molecular formula is C11H12Cl2. The zero-order chi connectivity index (χ0) is 9.68. The lowest BCUT2D eigenvalue weighted by molar-refractivity contribution is 1.12. The van der Waals surface area contributed by atoms with Gasteiger partial charge < -0.3 is 0 Å². The van der Waals surface area contributed by atoms with Gasteiger partial charge in [-0.25, -0.2) is 0 Å². The largest absolute Gasteiger partial charge is 0.122 e. The molecule has 0 amide bonds. The molecule has 0 atom stereocenters. The van der Waals surface area contributed by atoms with Gasteiger partial charge in [0.25, 0.3) is 0 Å². The summed E-state index contributed by atoms with van der Waals surface area (Å²) in [4.78, 5) is 0. The summed E-state index contributed by atoms with van der Waals surface area (Å²) in [5, 5.41) is 0.765. The van der Waals surface area contributed by atoms with Crippen LogP contribution in [-0.2, 0) is 0 Å². The van der Waals surface area contributed by atoms with Crippen molar-refractivity contribution in [3.05, 3.63) is 40.4 Å². The maximum Gasteiger partial charge on any atom is 0.0436 e. The van der Waals surface area contributed by atoms with Crippen LogP contribution in [0.3, 0.4) is 0 Å². The van der Waals surface area contributed by atoms with E-state index in [-0.39, 0.29) is 0 Å². The smallest absolute Gasteiger partial charge is 0.0436 e. The Morgan fingerprint density at radius 3 is 2.38 bits per heavy atom. The summed E-state index contributed by atoms with van der Waals surface area (Å²) in [6, 6.07) is 7.75. The number of halogens is 2. The van der Waals surface area contributed by atoms with Crippen LogP contribution < -0.4 is 0 Å². The van der Waals surface area contributed by atoms with E-state index >= 15 is 0 Å². The van der Waals surface area contributed by atoms with E-state index in [4.69, 9.17) is 23.2 Å². The molecular weight excluding hydrogens is 203 g/mol. The quantitative estimate of drug-likeness (QED) is 0.656. The highest BCUT2D eigenvalue weighted by atomic mass is 35.5. The van der Waals surface area contributed by atoms with E-state index in [1.54, 1.807) is 0 Å². The molecule has 0 fully saturated rings. The van der Waals surface area contributed by atoms with Crippen LogP contribution in [0.4, 0.5) is 0 Å². The zero-order valence-electron chi connectivity index (χ0n) is 7.56. The molecule has 0 bridgehead atoms. The molecule has 0 radical (unpaired) electrons. The molecule has 1 rings (SSSR count). The van der Waals surface area contributed by atoms with Crippen molar-refractivity contribution in [1.29, 1.82) is 0 Å². The zero-order valence-corrected chi connectivity index (χ0v) is 9.07. The predicted molar refractivity (Wildman–Crippen MR) is 60.4 cm³/mol. The predicted octanol–water partition coefficient (Wildman–Crippen LogP) is 4.37. The number of benzene rings is 1. The third-order valence-corrected chi connectivity index (χ3v) is 2.46. The van der Waals surface area contributed by atoms with Gasteiger partial charge in [0.15, 0.2) is 0 Å². The van der Waals surface area contributed by atoms with Crippen molar-refractivity contribution in [2.45, 2.75) is 13.3 Å². The molecule has 0 aliphatic carbocycles. The van der Waals surface area contributed by atoms with Crippen LogP contribution in [0.15, 0.2) is 29.8 Å². The van der Waals surface area contributed by atoms with Crippen molar-refractivity contribution in [3.63, 3.8) is 0 Å². The normalized spacial score (nSPS) is 11.8. The molecule has 0 heterocycles. The van der Waals surface area contributed by atoms with Crippen LogP contribution in [0.1, 0.15) is 18.9 Å². The van der Waals surface area contributed by atoms with Crippen LogP contribution in [-0.4, -0.2) is 5.88 Å². The summed E-state index contributed by atoms with van der Waals surface area (Å²) in [5.74, 6) is 0.596. The van der Waals surface area contributed by atoms with E-state index in [1.807, 2.05) is 24.3 Å². The summed E-state index contributed by atoms with van der Waals surface area (Å²) in [5.41, 5.74) is 2.39. The standard InChI is InChI=1S/C11H12Cl2/c1-2-9(8-12)7-10-3-5-11(13)6-4-10/h3-7H,2,8H2,1H3/b9-7-. The lowest BCUT2D eigenvalue weighted by atomic mass is 10.1. The Labute approximate surface area is 89.2 Å². The molecule has 0 N–H and O–H groups in total. The molecule has 0 aromatic heterocycles. The highest BCUT2D eigenvalue weighted by molar-refractivity contribution is 6.30. The van der Waals surface area contributed by atoms with E-state index in [0.717, 1.165) is 17.0 Å². The first-order valence-corrected chi connectivity index (χ1v) is 5.18. The van der Waals surface area contributed by atoms with Gasteiger partial charge >= 0.3 is 0 Å². The molecule has 13 heavy (non-hydrogen) atoms. The first-order chi connectivity index (χ1) is 6.26. The van der Waals surface area contributed by atoms with Gasteiger partial charge in [0.05, 0.1) is 0 Å². The Kier molecular flexibility index (Phi) is 4.34. The Morgan fingerprint density at radius 1 is 1.31 bits per heavy atom. The fourth-order valence-corrected chi connectivity index (χ4v) is 1.42. The average molecular weight is 215 g/mol. The fourth-order valence-electron chi connectivity index (χ4n) is 1.03. The van der Waals surface area contributed by atoms with Gasteiger partial charge in [-0.2, -0.15) is 0 Å². The van der Waals surface area contributed by atoms with Crippen molar-refractivity contribution in [1.82, 2.24) is 0 Å². The van der Waals surface area contributed by atoms with Crippen LogP contribution in [0, 0.1) is 0 Å². The van der Waals surface area contributed by atoms with Gasteiger partial charge in [-0.1, -0.05) is 42.3 Å². The minimum absolute atomic E-state index is 0.596. The third-order valence-electron chi connectivity index (χ3n) is 1.87. The second kappa shape index (κ2) is 5.31. The van der Waals surface area contributed by atoms with Crippen molar-refractivity contribution in [2.75, 3.05) is 5.88 Å². The highest BCUT2D eigenvalue weighted by Gasteiger charge is 1.93. The van der Waals surface area contributed by atoms with Gasteiger partial charge in [0.1, 0.15) is 0 Å². The highest BCUT2D eigenvalue weighted by Crippen LogP contribution is 2.14. The monoisotopic (exact) mass is 214 g/mol. The second-order valence-corrected chi connectivity index (χ2v) is 3.55. The Bertz CT molecular complexity index is 279. The summed E-state index contributed by atoms with van der Waals surface area (Å²) in [6.07, 6.45) is 3.09. The topological polar surface area (TPSA) is 0 Å². The van der Waals surface area contributed by atoms with Gasteiger partial charge in [-0.15, -0.1) is 11.6 Å². The van der Waals surface area contributed by atoms with Crippen molar-refractivity contribution >= 4 is 29.3 Å². The number of allylic oxidation sites excluding steroid dienone is 1. The average Bonchev–Trinajstić information content (AvgIpc) is 2.17. The van der Waals surface area contributed by atoms with Gasteiger partial charge in [0, 0.05) is 10.9 Å². The summed E-state index contributed by atoms with van der Waals surface area (Å²) < 4.78 is 0. The lowest BCUT2D eigenvalue weighted by Gasteiger charge is -1.99. The van der Waals surface area contributed by atoms with Crippen LogP contribution >= 0.6 is 23.2 Å². The number of hydrogen-bond donors (Lipinski definition) is 0. The molecule has 0 aliphatic heterocycles. The lowest BCUT2D eigenvalue weighted by Crippen LogP contribution is -1.82. The Balaban J connectivity index is 2.84. The van der Waals surface area contributed by atoms with Crippen LogP contribution in [0.2, 0.25) is 5.02 Å². The SMILES string of the molecule is CC/C(=C/c1ccc(Cl)cc1)CCl. The van der Waals surface area contributed by atoms with Gasteiger partial charge in [-0.05, 0) is 24.1 Å². The first kappa shape index (κ1) is 10.6. The number of hydrogen-bond acceptors (Lipinski definition) is 0. The molecule has 0 unspecified atom stereocenters. The number of alkyl halides is 1. The molecule has 70 valence electrons. The van der Waals surface area contributed by atoms with E-state index < -0.39 is 0 Å². The van der Waals surface area contributed by atoms with E-state index in [0.29, 0.717) is 5.88 Å². The molecule has 0 saturated heterocycles. The molecule has 1 aromatic rings. The number of rotatable bonds is 3. The van der Waals surface area contributed by atoms with Crippen molar-refractivity contribution in [2.24, 2.45) is 0 Å². The van der Waals surface area contributed by atoms with Crippen molar-refractivity contribution in [3.8, 4) is 0 Å². The van der Waals surface area contributed by atoms with Crippen molar-refractivity contribution < 1.29 is 0 Å². The summed E-state index contributed by atoms with van der Waals surface area (Å²) in [7, 11) is 0. The second-order valence-electron chi connectivity index (χ2n) is 2.84. The molecule has 1 aromatic carbocycles. The Morgan fingerprint density at radius 2 is 1.92 bits per heavy atom. The minimum Gasteiger partial charge on any atom is -0.122 e. The third kappa shape index (κ3) is 3.41. The first-order valence-electron chi connectivity index (χ1n) is 4.27. The maximum absolute atomic E-state index is 5.77. The molecule has 0 saturated carbocycles. The fraction of sp³-hybridized carbons (Fsp3) is 0.273. The van der Waals surface area contributed by atoms with Gasteiger partial charge in [0.2, 0.25) is 0 Å². The van der Waals surface area contributed by atoms with E-state index in [1.165, 1.54) is 5.57 Å². The Hall–Kier alpha value is -0.460. The molecule has 2 heteroatoms. The van der Waals surface area contributed by atoms with Gasteiger partial charge in [-0.3, -0.25) is 0 Å². The molecule has 0 spiro atoms. The van der Waals surface area contributed by atoms with E-state index in [2.05, 4.69) is 13.0 Å². The summed E-state index contributed by atoms with van der Waals surface area (Å²) >= 11 is 11.5. The van der Waals surface area contributed by atoms with Crippen LogP contribution in [0.25, 0.3) is 6.08 Å². The van der Waals surface area contributed by atoms with Crippen LogP contribution in [0.5, 0.6) is 0 Å².